The molecule has 0 saturated heterocycles. The standard InChI is InChI=1S/C22H26N2O4/c1-2-3-14-18(22(27)28)23-21(26)19(15-16-10-6-4-7-11-16)24-20(25)17-12-8-5-9-13-17/h4-13,18-19H,2-3,14-15H2,1H3,(H,23,26)(H,24,25)(H,27,28)/t18-,19?/m0/s1. The van der Waals surface area contributed by atoms with Gasteiger partial charge in [-0.25, -0.2) is 4.79 Å². The number of unbranched alkanes of at least 4 members (excludes halogenated alkanes) is 1. The Kier molecular flexibility index (Phi) is 8.21. The maximum Gasteiger partial charge on any atom is 0.326 e. The fourth-order valence-corrected chi connectivity index (χ4v) is 2.83. The number of nitrogens with one attached hydrogen (secondary N) is 2. The summed E-state index contributed by atoms with van der Waals surface area (Å²) in [6.45, 7) is 1.96. The van der Waals surface area contributed by atoms with Crippen molar-refractivity contribution in [3.05, 3.63) is 71.8 Å². The summed E-state index contributed by atoms with van der Waals surface area (Å²) < 4.78 is 0. The van der Waals surface area contributed by atoms with Gasteiger partial charge in [0.2, 0.25) is 5.91 Å². The van der Waals surface area contributed by atoms with Gasteiger partial charge in [0.05, 0.1) is 0 Å². The Labute approximate surface area is 165 Å². The van der Waals surface area contributed by atoms with Crippen molar-refractivity contribution in [1.29, 1.82) is 0 Å². The summed E-state index contributed by atoms with van der Waals surface area (Å²) in [4.78, 5) is 36.8. The minimum atomic E-state index is -1.07. The molecule has 0 aliphatic heterocycles. The van der Waals surface area contributed by atoms with Crippen LogP contribution in [0.4, 0.5) is 0 Å². The Morgan fingerprint density at radius 3 is 2.07 bits per heavy atom. The van der Waals surface area contributed by atoms with E-state index in [1.165, 1.54) is 0 Å². The van der Waals surface area contributed by atoms with E-state index < -0.39 is 24.0 Å². The topological polar surface area (TPSA) is 95.5 Å². The molecule has 28 heavy (non-hydrogen) atoms. The van der Waals surface area contributed by atoms with Crippen LogP contribution in [0.2, 0.25) is 0 Å². The molecule has 0 aliphatic rings. The van der Waals surface area contributed by atoms with E-state index in [1.54, 1.807) is 30.3 Å². The van der Waals surface area contributed by atoms with Gasteiger partial charge in [0.25, 0.3) is 5.91 Å². The Morgan fingerprint density at radius 1 is 0.893 bits per heavy atom. The highest BCUT2D eigenvalue weighted by Crippen LogP contribution is 2.08. The molecule has 0 fully saturated rings. The Bertz CT molecular complexity index is 778. The van der Waals surface area contributed by atoms with Crippen LogP contribution in [0.3, 0.4) is 0 Å². The van der Waals surface area contributed by atoms with Gasteiger partial charge >= 0.3 is 5.97 Å². The maximum absolute atomic E-state index is 12.8. The molecule has 0 spiro atoms. The smallest absolute Gasteiger partial charge is 0.326 e. The number of carboxylic acid groups (broad SMARTS) is 1. The van der Waals surface area contributed by atoms with Crippen LogP contribution in [-0.2, 0) is 16.0 Å². The average Bonchev–Trinajstić information content (AvgIpc) is 2.71. The molecule has 2 amide bonds. The Hall–Kier alpha value is -3.15. The first-order valence-corrected chi connectivity index (χ1v) is 9.44. The van der Waals surface area contributed by atoms with Crippen LogP contribution in [0, 0.1) is 0 Å². The molecule has 0 radical (unpaired) electrons. The third-order valence-electron chi connectivity index (χ3n) is 4.40. The summed E-state index contributed by atoms with van der Waals surface area (Å²) in [5, 5.41) is 14.7. The van der Waals surface area contributed by atoms with Crippen LogP contribution in [0.15, 0.2) is 60.7 Å². The summed E-state index contributed by atoms with van der Waals surface area (Å²) >= 11 is 0. The van der Waals surface area contributed by atoms with Gasteiger partial charge in [-0.3, -0.25) is 9.59 Å². The summed E-state index contributed by atoms with van der Waals surface area (Å²) in [6.07, 6.45) is 2.14. The predicted molar refractivity (Wildman–Crippen MR) is 107 cm³/mol. The van der Waals surface area contributed by atoms with Gasteiger partial charge in [-0.1, -0.05) is 68.3 Å². The van der Waals surface area contributed by atoms with Crippen LogP contribution >= 0.6 is 0 Å². The zero-order chi connectivity index (χ0) is 20.4. The number of benzene rings is 2. The van der Waals surface area contributed by atoms with Crippen LogP contribution in [0.5, 0.6) is 0 Å². The summed E-state index contributed by atoms with van der Waals surface area (Å²) in [5.41, 5.74) is 1.31. The molecule has 6 heteroatoms. The molecule has 0 aromatic heterocycles. The molecular formula is C22H26N2O4. The fraction of sp³-hybridized carbons (Fsp3) is 0.318. The lowest BCUT2D eigenvalue weighted by molar-refractivity contribution is -0.142. The predicted octanol–water partition coefficient (Wildman–Crippen LogP) is 2.79. The quantitative estimate of drug-likeness (QED) is 0.589. The molecule has 2 atom stereocenters. The first kappa shape index (κ1) is 21.2. The number of carbonyl (C=O) groups excluding carboxylic acids is 2. The first-order chi connectivity index (χ1) is 13.5. The maximum atomic E-state index is 12.8. The molecule has 0 aliphatic carbocycles. The summed E-state index contributed by atoms with van der Waals surface area (Å²) in [7, 11) is 0. The Balaban J connectivity index is 2.15. The van der Waals surface area contributed by atoms with Gasteiger partial charge in [-0.2, -0.15) is 0 Å². The SMILES string of the molecule is CCCC[C@H](NC(=O)C(Cc1ccccc1)NC(=O)c1ccccc1)C(=O)O. The van der Waals surface area contributed by atoms with Gasteiger partial charge in [-0.15, -0.1) is 0 Å². The zero-order valence-corrected chi connectivity index (χ0v) is 15.9. The highest BCUT2D eigenvalue weighted by Gasteiger charge is 2.26. The monoisotopic (exact) mass is 382 g/mol. The molecule has 0 heterocycles. The normalized spacial score (nSPS) is 12.6. The van der Waals surface area contributed by atoms with Crippen molar-refractivity contribution in [2.45, 2.75) is 44.7 Å². The highest BCUT2D eigenvalue weighted by molar-refractivity contribution is 5.98. The number of aliphatic carboxylic acids is 1. The van der Waals surface area contributed by atoms with E-state index in [-0.39, 0.29) is 12.3 Å². The molecule has 2 aromatic carbocycles. The minimum absolute atomic E-state index is 0.269. The molecule has 6 nitrogen and oxygen atoms in total. The molecule has 0 bridgehead atoms. The van der Waals surface area contributed by atoms with Crippen molar-refractivity contribution in [1.82, 2.24) is 10.6 Å². The number of amides is 2. The van der Waals surface area contributed by atoms with Gasteiger partial charge in [-0.05, 0) is 24.1 Å². The van der Waals surface area contributed by atoms with E-state index in [1.807, 2.05) is 37.3 Å². The lowest BCUT2D eigenvalue weighted by atomic mass is 10.0. The van der Waals surface area contributed by atoms with Gasteiger partial charge < -0.3 is 15.7 Å². The van der Waals surface area contributed by atoms with Crippen LogP contribution in [0.25, 0.3) is 0 Å². The second-order valence-corrected chi connectivity index (χ2v) is 6.62. The second-order valence-electron chi connectivity index (χ2n) is 6.62. The number of hydrogen-bond acceptors (Lipinski definition) is 3. The largest absolute Gasteiger partial charge is 0.480 e. The molecule has 2 rings (SSSR count). The minimum Gasteiger partial charge on any atom is -0.480 e. The van der Waals surface area contributed by atoms with Crippen LogP contribution < -0.4 is 10.6 Å². The van der Waals surface area contributed by atoms with Gasteiger partial charge in [0, 0.05) is 12.0 Å². The van der Waals surface area contributed by atoms with Crippen molar-refractivity contribution < 1.29 is 19.5 Å². The molecule has 2 aromatic rings. The number of carbonyl (C=O) groups is 3. The lowest BCUT2D eigenvalue weighted by Crippen LogP contribution is -2.52. The van der Waals surface area contributed by atoms with Crippen molar-refractivity contribution in [3.63, 3.8) is 0 Å². The molecule has 3 N–H and O–H groups in total. The van der Waals surface area contributed by atoms with Crippen molar-refractivity contribution in [3.8, 4) is 0 Å². The second kappa shape index (κ2) is 10.9. The van der Waals surface area contributed by atoms with Crippen LogP contribution in [0.1, 0.15) is 42.1 Å². The summed E-state index contributed by atoms with van der Waals surface area (Å²) in [5.74, 6) is -1.96. The van der Waals surface area contributed by atoms with E-state index in [2.05, 4.69) is 10.6 Å². The van der Waals surface area contributed by atoms with Gasteiger partial charge in [0.1, 0.15) is 12.1 Å². The summed E-state index contributed by atoms with van der Waals surface area (Å²) in [6, 6.07) is 16.1. The molecule has 148 valence electrons. The van der Waals surface area contributed by atoms with E-state index in [4.69, 9.17) is 0 Å². The van der Waals surface area contributed by atoms with Gasteiger partial charge in [0.15, 0.2) is 0 Å². The number of hydrogen-bond donors (Lipinski definition) is 3. The first-order valence-electron chi connectivity index (χ1n) is 9.44. The Morgan fingerprint density at radius 2 is 1.50 bits per heavy atom. The van der Waals surface area contributed by atoms with Crippen molar-refractivity contribution in [2.24, 2.45) is 0 Å². The number of rotatable bonds is 10. The van der Waals surface area contributed by atoms with E-state index in [0.717, 1.165) is 12.0 Å². The molecule has 0 saturated carbocycles. The highest BCUT2D eigenvalue weighted by atomic mass is 16.4. The van der Waals surface area contributed by atoms with E-state index in [0.29, 0.717) is 18.4 Å². The molecular weight excluding hydrogens is 356 g/mol. The van der Waals surface area contributed by atoms with Crippen LogP contribution in [-0.4, -0.2) is 35.0 Å². The third kappa shape index (κ3) is 6.54. The lowest BCUT2D eigenvalue weighted by Gasteiger charge is -2.21. The van der Waals surface area contributed by atoms with E-state index >= 15 is 0 Å². The number of carboxylic acids is 1. The zero-order valence-electron chi connectivity index (χ0n) is 15.9. The molecule has 1 unspecified atom stereocenters. The fourth-order valence-electron chi connectivity index (χ4n) is 2.83. The van der Waals surface area contributed by atoms with Crippen molar-refractivity contribution >= 4 is 17.8 Å². The van der Waals surface area contributed by atoms with E-state index in [9.17, 15) is 19.5 Å². The van der Waals surface area contributed by atoms with Crippen molar-refractivity contribution in [2.75, 3.05) is 0 Å². The third-order valence-corrected chi connectivity index (χ3v) is 4.40. The average molecular weight is 382 g/mol.